The summed E-state index contributed by atoms with van der Waals surface area (Å²) in [5.41, 5.74) is 1.50. The highest BCUT2D eigenvalue weighted by atomic mass is 35.5. The minimum absolute atomic E-state index is 0.407. The molecule has 6 nitrogen and oxygen atoms in total. The zero-order chi connectivity index (χ0) is 19.5. The summed E-state index contributed by atoms with van der Waals surface area (Å²) in [6, 6.07) is 10.1. The Morgan fingerprint density at radius 3 is 2.54 bits per heavy atom. The van der Waals surface area contributed by atoms with E-state index in [0.717, 1.165) is 21.7 Å². The summed E-state index contributed by atoms with van der Waals surface area (Å²) in [4.78, 5) is 13.5. The van der Waals surface area contributed by atoms with Gasteiger partial charge in [-0.25, -0.2) is 24.0 Å². The number of aromatic nitrogens is 5. The van der Waals surface area contributed by atoms with Gasteiger partial charge in [-0.1, -0.05) is 23.4 Å². The molecule has 0 bridgehead atoms. The van der Waals surface area contributed by atoms with Crippen LogP contribution < -0.4 is 4.74 Å². The fourth-order valence-corrected chi connectivity index (χ4v) is 3.42. The summed E-state index contributed by atoms with van der Waals surface area (Å²) in [5, 5.41) is 5.95. The molecule has 0 aromatic carbocycles. The number of halogens is 2. The summed E-state index contributed by atoms with van der Waals surface area (Å²) >= 11 is 7.35. The first-order valence-corrected chi connectivity index (χ1v) is 9.33. The molecule has 4 aromatic heterocycles. The van der Waals surface area contributed by atoms with E-state index >= 15 is 0 Å². The van der Waals surface area contributed by atoms with Crippen molar-refractivity contribution in [3.05, 3.63) is 72.0 Å². The van der Waals surface area contributed by atoms with Crippen LogP contribution in [-0.4, -0.2) is 31.8 Å². The van der Waals surface area contributed by atoms with Gasteiger partial charge in [-0.05, 0) is 30.3 Å². The molecular formula is C19H13ClFN5OS. The summed E-state index contributed by atoms with van der Waals surface area (Å²) in [6.07, 6.45) is 6.24. The van der Waals surface area contributed by atoms with Crippen molar-refractivity contribution in [2.24, 2.45) is 0 Å². The van der Waals surface area contributed by atoms with Crippen LogP contribution >= 0.6 is 23.4 Å². The molecule has 140 valence electrons. The van der Waals surface area contributed by atoms with Crippen LogP contribution in [0.5, 0.6) is 5.88 Å². The van der Waals surface area contributed by atoms with E-state index in [1.807, 2.05) is 18.3 Å². The molecule has 0 saturated heterocycles. The fourth-order valence-electron chi connectivity index (χ4n) is 2.43. The number of nitrogens with zero attached hydrogens (tertiary/aromatic N) is 5. The Balaban J connectivity index is 1.76. The summed E-state index contributed by atoms with van der Waals surface area (Å²) in [6.45, 7) is 0. The van der Waals surface area contributed by atoms with Gasteiger partial charge in [0.05, 0.1) is 23.2 Å². The largest absolute Gasteiger partial charge is 0.481 e. The number of rotatable bonds is 5. The number of hydrogen-bond donors (Lipinski definition) is 0. The average molecular weight is 414 g/mol. The summed E-state index contributed by atoms with van der Waals surface area (Å²) in [5.74, 6) is 0.604. The maximum absolute atomic E-state index is 13.2. The van der Waals surface area contributed by atoms with Gasteiger partial charge in [0, 0.05) is 30.2 Å². The number of methoxy groups -OCH3 is 1. The molecule has 9 heteroatoms. The SMILES string of the molecule is COc1ccc(-c2nn(-c3ccc(F)cn3)cc2Sc2ccc(Cl)cn2)cn1. The Bertz CT molecular complexity index is 1090. The van der Waals surface area contributed by atoms with Gasteiger partial charge in [-0.15, -0.1) is 0 Å². The van der Waals surface area contributed by atoms with Crippen molar-refractivity contribution in [3.63, 3.8) is 0 Å². The van der Waals surface area contributed by atoms with Crippen molar-refractivity contribution in [1.82, 2.24) is 24.7 Å². The van der Waals surface area contributed by atoms with Crippen molar-refractivity contribution in [2.45, 2.75) is 9.92 Å². The van der Waals surface area contributed by atoms with E-state index in [1.165, 1.54) is 17.8 Å². The molecule has 28 heavy (non-hydrogen) atoms. The lowest BCUT2D eigenvalue weighted by molar-refractivity contribution is 0.398. The first kappa shape index (κ1) is 18.4. The minimum Gasteiger partial charge on any atom is -0.481 e. The standard InChI is InChI=1S/C19H13ClFN5OS/c1-27-17-6-2-12(8-23-17)19-15(28-18-7-3-13(20)9-24-18)11-26(25-19)16-5-4-14(21)10-22-16/h2-11H,1H3. The molecule has 0 unspecified atom stereocenters. The van der Waals surface area contributed by atoms with E-state index in [9.17, 15) is 4.39 Å². The molecule has 0 fully saturated rings. The molecule has 0 saturated carbocycles. The normalized spacial score (nSPS) is 10.8. The number of pyridine rings is 3. The first-order valence-electron chi connectivity index (χ1n) is 8.14. The van der Waals surface area contributed by atoms with Gasteiger partial charge in [-0.3, -0.25) is 0 Å². The second-order valence-electron chi connectivity index (χ2n) is 5.63. The third-order valence-electron chi connectivity index (χ3n) is 3.76. The van der Waals surface area contributed by atoms with Crippen molar-refractivity contribution < 1.29 is 9.13 Å². The molecule has 0 atom stereocenters. The third-order valence-corrected chi connectivity index (χ3v) is 4.95. The molecule has 4 rings (SSSR count). The number of ether oxygens (including phenoxy) is 1. The highest BCUT2D eigenvalue weighted by Crippen LogP contribution is 2.35. The van der Waals surface area contributed by atoms with Crippen LogP contribution in [-0.2, 0) is 0 Å². The van der Waals surface area contributed by atoms with Crippen LogP contribution in [0.25, 0.3) is 17.1 Å². The van der Waals surface area contributed by atoms with Gasteiger partial charge >= 0.3 is 0 Å². The average Bonchev–Trinajstić information content (AvgIpc) is 3.14. The molecule has 4 heterocycles. The number of hydrogen-bond acceptors (Lipinski definition) is 6. The Labute approximate surface area is 169 Å². The van der Waals surface area contributed by atoms with E-state index < -0.39 is 5.82 Å². The highest BCUT2D eigenvalue weighted by Gasteiger charge is 2.15. The van der Waals surface area contributed by atoms with Crippen molar-refractivity contribution in [3.8, 4) is 23.0 Å². The van der Waals surface area contributed by atoms with E-state index in [4.69, 9.17) is 16.3 Å². The third kappa shape index (κ3) is 3.97. The molecule has 0 N–H and O–H groups in total. The van der Waals surface area contributed by atoms with Crippen LogP contribution in [0.1, 0.15) is 0 Å². The predicted octanol–water partition coefficient (Wildman–Crippen LogP) is 4.68. The lowest BCUT2D eigenvalue weighted by Gasteiger charge is -2.03. The van der Waals surface area contributed by atoms with Crippen molar-refractivity contribution >= 4 is 23.4 Å². The molecule has 0 amide bonds. The van der Waals surface area contributed by atoms with Crippen LogP contribution in [0.15, 0.2) is 71.1 Å². The lowest BCUT2D eigenvalue weighted by Crippen LogP contribution is -1.98. The molecule has 0 aliphatic heterocycles. The van der Waals surface area contributed by atoms with E-state index in [0.29, 0.717) is 22.4 Å². The smallest absolute Gasteiger partial charge is 0.212 e. The van der Waals surface area contributed by atoms with Crippen LogP contribution in [0, 0.1) is 5.82 Å². The lowest BCUT2D eigenvalue weighted by atomic mass is 10.2. The topological polar surface area (TPSA) is 65.7 Å². The van der Waals surface area contributed by atoms with Crippen LogP contribution in [0.3, 0.4) is 0 Å². The zero-order valence-electron chi connectivity index (χ0n) is 14.6. The van der Waals surface area contributed by atoms with E-state index in [2.05, 4.69) is 20.1 Å². The Kier molecular flexibility index (Phi) is 5.23. The van der Waals surface area contributed by atoms with E-state index in [-0.39, 0.29) is 0 Å². The van der Waals surface area contributed by atoms with Crippen molar-refractivity contribution in [2.75, 3.05) is 7.11 Å². The fraction of sp³-hybridized carbons (Fsp3) is 0.0526. The summed E-state index contributed by atoms with van der Waals surface area (Å²) in [7, 11) is 1.56. The second-order valence-corrected chi connectivity index (χ2v) is 7.13. The Morgan fingerprint density at radius 2 is 1.89 bits per heavy atom. The van der Waals surface area contributed by atoms with Gasteiger partial charge in [-0.2, -0.15) is 5.10 Å². The Hall–Kier alpha value is -2.97. The highest BCUT2D eigenvalue weighted by molar-refractivity contribution is 7.99. The minimum atomic E-state index is -0.407. The maximum Gasteiger partial charge on any atom is 0.212 e. The van der Waals surface area contributed by atoms with Gasteiger partial charge in [0.25, 0.3) is 0 Å². The first-order chi connectivity index (χ1) is 13.6. The van der Waals surface area contributed by atoms with E-state index in [1.54, 1.807) is 42.4 Å². The second kappa shape index (κ2) is 7.95. The van der Waals surface area contributed by atoms with Gasteiger partial charge in [0.15, 0.2) is 5.82 Å². The monoisotopic (exact) mass is 413 g/mol. The maximum atomic E-state index is 13.2. The van der Waals surface area contributed by atoms with Gasteiger partial charge in [0.1, 0.15) is 16.5 Å². The van der Waals surface area contributed by atoms with Gasteiger partial charge in [0.2, 0.25) is 5.88 Å². The van der Waals surface area contributed by atoms with Crippen LogP contribution in [0.2, 0.25) is 5.02 Å². The molecule has 0 aliphatic carbocycles. The van der Waals surface area contributed by atoms with Crippen molar-refractivity contribution in [1.29, 1.82) is 0 Å². The van der Waals surface area contributed by atoms with Crippen LogP contribution in [0.4, 0.5) is 4.39 Å². The molecule has 0 radical (unpaired) electrons. The Morgan fingerprint density at radius 1 is 1.00 bits per heavy atom. The zero-order valence-corrected chi connectivity index (χ0v) is 16.2. The summed E-state index contributed by atoms with van der Waals surface area (Å²) < 4.78 is 19.9. The molecule has 0 spiro atoms. The molecule has 0 aliphatic rings. The quantitative estimate of drug-likeness (QED) is 0.473. The molecule has 4 aromatic rings. The van der Waals surface area contributed by atoms with Gasteiger partial charge < -0.3 is 4.74 Å². The predicted molar refractivity (Wildman–Crippen MR) is 104 cm³/mol. The molecular weight excluding hydrogens is 401 g/mol.